The highest BCUT2D eigenvalue weighted by atomic mass is 19.1. The van der Waals surface area contributed by atoms with Crippen molar-refractivity contribution >= 4 is 11.5 Å². The Morgan fingerprint density at radius 1 is 1.03 bits per heavy atom. The average molecular weight is 408 g/mol. The van der Waals surface area contributed by atoms with Gasteiger partial charge in [0, 0.05) is 22.9 Å². The molecule has 0 aliphatic carbocycles. The monoisotopic (exact) mass is 408 g/mol. The largest absolute Gasteiger partial charge is 0.478 e. The van der Waals surface area contributed by atoms with Gasteiger partial charge in [-0.3, -0.25) is 0 Å². The lowest BCUT2D eigenvalue weighted by atomic mass is 9.80. The minimum absolute atomic E-state index is 0.0442. The first-order valence-corrected chi connectivity index (χ1v) is 9.35. The summed E-state index contributed by atoms with van der Waals surface area (Å²) in [5, 5.41) is 25.7. The second kappa shape index (κ2) is 7.35. The van der Waals surface area contributed by atoms with E-state index in [9.17, 15) is 23.8 Å². The van der Waals surface area contributed by atoms with E-state index in [1.165, 1.54) is 59.2 Å². The van der Waals surface area contributed by atoms with Crippen molar-refractivity contribution in [3.63, 3.8) is 0 Å². The Kier molecular flexibility index (Phi) is 4.83. The van der Waals surface area contributed by atoms with Crippen LogP contribution in [0, 0.1) is 11.6 Å². The summed E-state index contributed by atoms with van der Waals surface area (Å²) in [6.45, 7) is 1.80. The first kappa shape index (κ1) is 19.7. The molecule has 2 N–H and O–H groups in total. The number of nitrogens with zero attached hydrogens (tertiary/aromatic N) is 2. The van der Waals surface area contributed by atoms with E-state index in [-0.39, 0.29) is 22.4 Å². The van der Waals surface area contributed by atoms with Crippen LogP contribution in [0.15, 0.2) is 66.9 Å². The third kappa shape index (κ3) is 2.95. The maximum absolute atomic E-state index is 14.9. The summed E-state index contributed by atoms with van der Waals surface area (Å²) < 4.78 is 31.1. The number of fused-ring (bicyclic) bond motifs is 1. The van der Waals surface area contributed by atoms with Gasteiger partial charge in [-0.1, -0.05) is 43.3 Å². The number of pyridine rings is 1. The lowest BCUT2D eigenvalue weighted by Crippen LogP contribution is -2.33. The van der Waals surface area contributed by atoms with Crippen LogP contribution in [0.3, 0.4) is 0 Å². The standard InChI is InChI=1S/C23H18F2N2O3/c1-2-15-20-13-14(22(28)29)11-12-27(20)26-21(15)23(30,16-7-3-5-9-18(16)24)17-8-4-6-10-19(17)25/h3-13,30H,2H2,1H3,(H,28,29). The van der Waals surface area contributed by atoms with Crippen LogP contribution < -0.4 is 0 Å². The van der Waals surface area contributed by atoms with Gasteiger partial charge in [-0.15, -0.1) is 0 Å². The molecule has 0 saturated heterocycles. The van der Waals surface area contributed by atoms with Gasteiger partial charge in [0.15, 0.2) is 5.60 Å². The Labute approximate surface area is 170 Å². The molecular weight excluding hydrogens is 390 g/mol. The second-order valence-corrected chi connectivity index (χ2v) is 6.90. The molecule has 30 heavy (non-hydrogen) atoms. The minimum Gasteiger partial charge on any atom is -0.478 e. The molecule has 2 heterocycles. The van der Waals surface area contributed by atoms with Crippen LogP contribution in [0.2, 0.25) is 0 Å². The third-order valence-electron chi connectivity index (χ3n) is 5.21. The highest BCUT2D eigenvalue weighted by Crippen LogP contribution is 2.41. The number of aromatic nitrogens is 2. The molecule has 152 valence electrons. The van der Waals surface area contributed by atoms with Crippen LogP contribution in [0.5, 0.6) is 0 Å². The maximum Gasteiger partial charge on any atom is 0.335 e. The SMILES string of the molecule is CCc1c(C(O)(c2ccccc2F)c2ccccc2F)nn2ccc(C(=O)O)cc12. The van der Waals surface area contributed by atoms with Gasteiger partial charge in [0.1, 0.15) is 17.3 Å². The number of hydrogen-bond donors (Lipinski definition) is 2. The molecule has 0 bridgehead atoms. The zero-order chi connectivity index (χ0) is 21.5. The molecule has 0 aliphatic heterocycles. The second-order valence-electron chi connectivity index (χ2n) is 6.90. The summed E-state index contributed by atoms with van der Waals surface area (Å²) in [5.41, 5.74) is -1.49. The topological polar surface area (TPSA) is 74.8 Å². The van der Waals surface area contributed by atoms with Crippen molar-refractivity contribution in [3.8, 4) is 0 Å². The van der Waals surface area contributed by atoms with Crippen LogP contribution in [0.4, 0.5) is 8.78 Å². The minimum atomic E-state index is -2.22. The van der Waals surface area contributed by atoms with Gasteiger partial charge in [0.05, 0.1) is 11.1 Å². The number of aromatic carboxylic acids is 1. The van der Waals surface area contributed by atoms with Gasteiger partial charge < -0.3 is 10.2 Å². The fraction of sp³-hybridized carbons (Fsp3) is 0.130. The predicted octanol–water partition coefficient (Wildman–Crippen LogP) is 4.16. The number of benzene rings is 2. The molecule has 7 heteroatoms. The smallest absolute Gasteiger partial charge is 0.335 e. The van der Waals surface area contributed by atoms with E-state index in [1.807, 2.05) is 0 Å². The number of aryl methyl sites for hydroxylation is 1. The number of hydrogen-bond acceptors (Lipinski definition) is 3. The quantitative estimate of drug-likeness (QED) is 0.520. The Bertz CT molecular complexity index is 1220. The maximum atomic E-state index is 14.9. The Hall–Kier alpha value is -3.58. The fourth-order valence-electron chi connectivity index (χ4n) is 3.78. The van der Waals surface area contributed by atoms with Crippen LogP contribution in [0.25, 0.3) is 5.52 Å². The van der Waals surface area contributed by atoms with Crippen molar-refractivity contribution in [1.29, 1.82) is 0 Å². The summed E-state index contributed by atoms with van der Waals surface area (Å²) in [6.07, 6.45) is 1.80. The lowest BCUT2D eigenvalue weighted by molar-refractivity contribution is 0.0696. The summed E-state index contributed by atoms with van der Waals surface area (Å²) in [6, 6.07) is 14.0. The Morgan fingerprint density at radius 2 is 1.60 bits per heavy atom. The summed E-state index contributed by atoms with van der Waals surface area (Å²) in [4.78, 5) is 11.4. The van der Waals surface area contributed by atoms with Crippen LogP contribution in [0.1, 0.15) is 39.7 Å². The number of rotatable bonds is 5. The molecular formula is C23H18F2N2O3. The molecule has 0 aliphatic rings. The highest BCUT2D eigenvalue weighted by Gasteiger charge is 2.42. The molecule has 0 saturated carbocycles. The van der Waals surface area contributed by atoms with Crippen molar-refractivity contribution in [2.45, 2.75) is 18.9 Å². The van der Waals surface area contributed by atoms with E-state index in [1.54, 1.807) is 19.1 Å². The Balaban J connectivity index is 2.11. The molecule has 0 fully saturated rings. The predicted molar refractivity (Wildman–Crippen MR) is 106 cm³/mol. The average Bonchev–Trinajstić information content (AvgIpc) is 3.12. The molecule has 2 aromatic carbocycles. The first-order valence-electron chi connectivity index (χ1n) is 9.35. The molecule has 4 rings (SSSR count). The molecule has 2 aromatic heterocycles. The number of carboxylic acids is 1. The fourth-order valence-corrected chi connectivity index (χ4v) is 3.78. The van der Waals surface area contributed by atoms with Gasteiger partial charge in [-0.05, 0) is 30.7 Å². The molecule has 0 amide bonds. The van der Waals surface area contributed by atoms with E-state index in [4.69, 9.17) is 0 Å². The molecule has 0 atom stereocenters. The van der Waals surface area contributed by atoms with Gasteiger partial charge in [0.25, 0.3) is 0 Å². The van der Waals surface area contributed by atoms with E-state index in [0.29, 0.717) is 17.5 Å². The van der Waals surface area contributed by atoms with Gasteiger partial charge in [-0.25, -0.2) is 18.1 Å². The van der Waals surface area contributed by atoms with Gasteiger partial charge >= 0.3 is 5.97 Å². The van der Waals surface area contributed by atoms with Crippen molar-refractivity contribution in [1.82, 2.24) is 9.61 Å². The van der Waals surface area contributed by atoms with Crippen molar-refractivity contribution in [2.24, 2.45) is 0 Å². The first-order chi connectivity index (χ1) is 14.4. The molecule has 0 unspecified atom stereocenters. The highest BCUT2D eigenvalue weighted by molar-refractivity contribution is 5.89. The van der Waals surface area contributed by atoms with Gasteiger partial charge in [-0.2, -0.15) is 5.10 Å². The zero-order valence-corrected chi connectivity index (χ0v) is 16.0. The summed E-state index contributed by atoms with van der Waals surface area (Å²) in [7, 11) is 0. The van der Waals surface area contributed by atoms with Crippen LogP contribution >= 0.6 is 0 Å². The molecule has 0 spiro atoms. The molecule has 5 nitrogen and oxygen atoms in total. The van der Waals surface area contributed by atoms with E-state index < -0.39 is 23.2 Å². The number of carboxylic acid groups (broad SMARTS) is 1. The van der Waals surface area contributed by atoms with E-state index >= 15 is 0 Å². The lowest BCUT2D eigenvalue weighted by Gasteiger charge is -2.29. The molecule has 0 radical (unpaired) electrons. The number of halogens is 2. The van der Waals surface area contributed by atoms with Crippen molar-refractivity contribution in [2.75, 3.05) is 0 Å². The van der Waals surface area contributed by atoms with E-state index in [0.717, 1.165) is 0 Å². The van der Waals surface area contributed by atoms with Crippen LogP contribution in [-0.2, 0) is 12.0 Å². The molecule has 4 aromatic rings. The van der Waals surface area contributed by atoms with Gasteiger partial charge in [0.2, 0.25) is 0 Å². The van der Waals surface area contributed by atoms with E-state index in [2.05, 4.69) is 5.10 Å². The third-order valence-corrected chi connectivity index (χ3v) is 5.21. The van der Waals surface area contributed by atoms with Crippen LogP contribution in [-0.4, -0.2) is 25.8 Å². The zero-order valence-electron chi connectivity index (χ0n) is 16.0. The summed E-state index contributed by atoms with van der Waals surface area (Å²) in [5.74, 6) is -2.54. The van der Waals surface area contributed by atoms with Crippen molar-refractivity contribution in [3.05, 3.63) is 106 Å². The number of aliphatic hydroxyl groups is 1. The summed E-state index contributed by atoms with van der Waals surface area (Å²) >= 11 is 0. The Morgan fingerprint density at radius 3 is 2.10 bits per heavy atom. The normalized spacial score (nSPS) is 11.7. The van der Waals surface area contributed by atoms with Crippen molar-refractivity contribution < 1.29 is 23.8 Å². The number of carbonyl (C=O) groups is 1.